The fraction of sp³-hybridized carbons (Fsp3) is 0.385. The number of ether oxygens (including phenoxy) is 4. The Bertz CT molecular complexity index is 1050. The molecule has 34 heavy (non-hydrogen) atoms. The zero-order valence-electron chi connectivity index (χ0n) is 20.3. The monoisotopic (exact) mass is 468 g/mol. The molecule has 1 heterocycles. The summed E-state index contributed by atoms with van der Waals surface area (Å²) in [6, 6.07) is 12.3. The van der Waals surface area contributed by atoms with Gasteiger partial charge in [0.25, 0.3) is 11.8 Å². The molecule has 8 nitrogen and oxygen atoms in total. The summed E-state index contributed by atoms with van der Waals surface area (Å²) in [4.78, 5) is 28.1. The fourth-order valence-corrected chi connectivity index (χ4v) is 3.64. The van der Waals surface area contributed by atoms with Crippen molar-refractivity contribution in [3.8, 4) is 17.2 Å². The van der Waals surface area contributed by atoms with Gasteiger partial charge in [0.1, 0.15) is 22.9 Å². The summed E-state index contributed by atoms with van der Waals surface area (Å²) < 4.78 is 21.9. The van der Waals surface area contributed by atoms with Crippen molar-refractivity contribution in [1.82, 2.24) is 4.90 Å². The molecule has 2 aromatic rings. The molecule has 1 aliphatic rings. The molecule has 0 spiro atoms. The van der Waals surface area contributed by atoms with E-state index in [9.17, 15) is 9.59 Å². The van der Waals surface area contributed by atoms with Crippen molar-refractivity contribution in [2.45, 2.75) is 33.3 Å². The van der Waals surface area contributed by atoms with Crippen LogP contribution in [0.15, 0.2) is 48.2 Å². The van der Waals surface area contributed by atoms with Gasteiger partial charge in [0.05, 0.1) is 38.2 Å². The van der Waals surface area contributed by atoms with E-state index in [2.05, 4.69) is 5.32 Å². The minimum Gasteiger partial charge on any atom is -0.497 e. The normalized spacial score (nSPS) is 13.6. The van der Waals surface area contributed by atoms with Gasteiger partial charge < -0.3 is 24.3 Å². The average molecular weight is 469 g/mol. The molecule has 8 heteroatoms. The average Bonchev–Trinajstić information content (AvgIpc) is 3.06. The molecule has 2 amide bonds. The zero-order chi connectivity index (χ0) is 24.7. The van der Waals surface area contributed by atoms with Crippen molar-refractivity contribution in [3.05, 3.63) is 53.7 Å². The largest absolute Gasteiger partial charge is 0.497 e. The summed E-state index contributed by atoms with van der Waals surface area (Å²) in [5, 5.41) is 3.14. The van der Waals surface area contributed by atoms with Gasteiger partial charge in [0.15, 0.2) is 0 Å². The molecule has 182 valence electrons. The summed E-state index contributed by atoms with van der Waals surface area (Å²) in [5.74, 6) is 1.04. The van der Waals surface area contributed by atoms with Gasteiger partial charge in [-0.25, -0.2) is 0 Å². The van der Waals surface area contributed by atoms with Crippen molar-refractivity contribution in [3.63, 3.8) is 0 Å². The van der Waals surface area contributed by atoms with Crippen LogP contribution in [0.25, 0.3) is 5.57 Å². The number of carbonyl (C=O) groups is 2. The molecule has 0 unspecified atom stereocenters. The number of anilines is 1. The first kappa shape index (κ1) is 25.1. The lowest BCUT2D eigenvalue weighted by atomic mass is 10.0. The lowest BCUT2D eigenvalue weighted by Gasteiger charge is -2.16. The second kappa shape index (κ2) is 11.6. The van der Waals surface area contributed by atoms with Crippen molar-refractivity contribution in [2.24, 2.45) is 0 Å². The van der Waals surface area contributed by atoms with Crippen LogP contribution in [0.2, 0.25) is 0 Å². The molecule has 3 rings (SSSR count). The van der Waals surface area contributed by atoms with Gasteiger partial charge >= 0.3 is 0 Å². The van der Waals surface area contributed by atoms with Crippen LogP contribution in [-0.4, -0.2) is 56.8 Å². The van der Waals surface area contributed by atoms with Crippen molar-refractivity contribution < 1.29 is 28.5 Å². The molecule has 0 aliphatic carbocycles. The van der Waals surface area contributed by atoms with Gasteiger partial charge in [-0.2, -0.15) is 0 Å². The third-order valence-corrected chi connectivity index (χ3v) is 5.27. The number of rotatable bonds is 12. The summed E-state index contributed by atoms with van der Waals surface area (Å²) in [5.41, 5.74) is 1.62. The first-order chi connectivity index (χ1) is 16.4. The Morgan fingerprint density at radius 1 is 0.941 bits per heavy atom. The van der Waals surface area contributed by atoms with E-state index >= 15 is 0 Å². The minimum atomic E-state index is -0.400. The Hall–Kier alpha value is -3.52. The van der Waals surface area contributed by atoms with Crippen molar-refractivity contribution in [2.75, 3.05) is 39.3 Å². The van der Waals surface area contributed by atoms with Crippen LogP contribution in [0.5, 0.6) is 17.2 Å². The van der Waals surface area contributed by atoms with Gasteiger partial charge in [-0.3, -0.25) is 14.5 Å². The Morgan fingerprint density at radius 2 is 1.65 bits per heavy atom. The molecule has 0 atom stereocenters. The van der Waals surface area contributed by atoms with E-state index in [1.165, 1.54) is 12.0 Å². The highest BCUT2D eigenvalue weighted by Crippen LogP contribution is 2.35. The molecule has 2 aromatic carbocycles. The molecule has 0 saturated heterocycles. The van der Waals surface area contributed by atoms with Gasteiger partial charge in [-0.1, -0.05) is 12.1 Å². The highest BCUT2D eigenvalue weighted by molar-refractivity contribution is 6.36. The molecular formula is C26H32N2O6. The number of nitrogens with zero attached hydrogens (tertiary/aromatic N) is 1. The number of hydrogen-bond acceptors (Lipinski definition) is 7. The van der Waals surface area contributed by atoms with Gasteiger partial charge in [-0.15, -0.1) is 0 Å². The van der Waals surface area contributed by atoms with E-state index < -0.39 is 5.91 Å². The van der Waals surface area contributed by atoms with Gasteiger partial charge in [0.2, 0.25) is 0 Å². The highest BCUT2D eigenvalue weighted by Gasteiger charge is 2.39. The molecule has 1 aliphatic heterocycles. The number of amides is 2. The van der Waals surface area contributed by atoms with Crippen LogP contribution < -0.4 is 19.5 Å². The molecule has 0 saturated carbocycles. The first-order valence-electron chi connectivity index (χ1n) is 11.3. The maximum absolute atomic E-state index is 13.4. The highest BCUT2D eigenvalue weighted by atomic mass is 16.5. The van der Waals surface area contributed by atoms with E-state index in [0.717, 1.165) is 0 Å². The lowest BCUT2D eigenvalue weighted by Crippen LogP contribution is -2.34. The molecule has 0 aromatic heterocycles. The van der Waals surface area contributed by atoms with Gasteiger partial charge in [-0.05, 0) is 57.0 Å². The second-order valence-electron chi connectivity index (χ2n) is 7.93. The van der Waals surface area contributed by atoms with E-state index in [1.54, 1.807) is 49.6 Å². The third kappa shape index (κ3) is 5.69. The maximum Gasteiger partial charge on any atom is 0.278 e. The molecule has 0 fully saturated rings. The van der Waals surface area contributed by atoms with Crippen LogP contribution in [0.3, 0.4) is 0 Å². The Kier molecular flexibility index (Phi) is 8.54. The van der Waals surface area contributed by atoms with E-state index in [0.29, 0.717) is 53.7 Å². The predicted octanol–water partition coefficient (Wildman–Crippen LogP) is 4.11. The number of benzene rings is 2. The summed E-state index contributed by atoms with van der Waals surface area (Å²) in [7, 11) is 3.10. The number of methoxy groups -OCH3 is 2. The molecule has 0 radical (unpaired) electrons. The topological polar surface area (TPSA) is 86.3 Å². The zero-order valence-corrected chi connectivity index (χ0v) is 20.3. The van der Waals surface area contributed by atoms with Crippen molar-refractivity contribution >= 4 is 23.1 Å². The van der Waals surface area contributed by atoms with Crippen LogP contribution >= 0.6 is 0 Å². The molecule has 0 bridgehead atoms. The molecular weight excluding hydrogens is 436 g/mol. The summed E-state index contributed by atoms with van der Waals surface area (Å²) in [6.45, 7) is 7.04. The van der Waals surface area contributed by atoms with Gasteiger partial charge in [0, 0.05) is 19.2 Å². The summed E-state index contributed by atoms with van der Waals surface area (Å²) in [6.07, 6.45) is 0.627. The second-order valence-corrected chi connectivity index (χ2v) is 7.93. The van der Waals surface area contributed by atoms with E-state index in [1.807, 2.05) is 20.8 Å². The maximum atomic E-state index is 13.4. The molecule has 1 N–H and O–H groups in total. The quantitative estimate of drug-likeness (QED) is 0.371. The number of hydrogen-bond donors (Lipinski definition) is 1. The number of imide groups is 1. The Labute approximate surface area is 200 Å². The lowest BCUT2D eigenvalue weighted by molar-refractivity contribution is -0.137. The smallest absolute Gasteiger partial charge is 0.278 e. The first-order valence-corrected chi connectivity index (χ1v) is 11.3. The minimum absolute atomic E-state index is 0.0836. The standard InChI is InChI=1S/C26H32N2O6/c1-6-33-19-10-8-18(9-11-19)23-24(27-21-16-20(31-4)12-13-22(21)32-5)26(30)28(25(23)29)14-7-15-34-17(2)3/h8-13,16-17,27H,6-7,14-15H2,1-5H3. The fourth-order valence-electron chi connectivity index (χ4n) is 3.64. The van der Waals surface area contributed by atoms with Crippen LogP contribution in [0, 0.1) is 0 Å². The number of nitrogens with one attached hydrogen (secondary N) is 1. The van der Waals surface area contributed by atoms with E-state index in [4.69, 9.17) is 18.9 Å². The SMILES string of the molecule is CCOc1ccc(C2=C(Nc3cc(OC)ccc3OC)C(=O)N(CCCOC(C)C)C2=O)cc1. The van der Waals surface area contributed by atoms with Crippen molar-refractivity contribution in [1.29, 1.82) is 0 Å². The van der Waals surface area contributed by atoms with Crippen LogP contribution in [0.4, 0.5) is 5.69 Å². The van der Waals surface area contributed by atoms with Crippen LogP contribution in [0.1, 0.15) is 32.8 Å². The summed E-state index contributed by atoms with van der Waals surface area (Å²) >= 11 is 0. The van der Waals surface area contributed by atoms with E-state index in [-0.39, 0.29) is 24.3 Å². The Balaban J connectivity index is 1.97. The number of carbonyl (C=O) groups excluding carboxylic acids is 2. The van der Waals surface area contributed by atoms with Crippen LogP contribution in [-0.2, 0) is 14.3 Å². The Morgan fingerprint density at radius 3 is 2.26 bits per heavy atom. The predicted molar refractivity (Wildman–Crippen MR) is 130 cm³/mol. The third-order valence-electron chi connectivity index (χ3n) is 5.27.